The number of aromatic nitrogens is 3. The largest absolute Gasteiger partial charge is 0.220 e. The van der Waals surface area contributed by atoms with Crippen molar-refractivity contribution in [3.05, 3.63) is 28.1 Å². The molecule has 0 spiro atoms. The minimum Gasteiger partial charge on any atom is -0.220 e. The van der Waals surface area contributed by atoms with E-state index >= 15 is 0 Å². The second kappa shape index (κ2) is 2.55. The smallest absolute Gasteiger partial charge is 0.158 e. The van der Waals surface area contributed by atoms with Crippen molar-refractivity contribution in [3.8, 4) is 0 Å². The number of rotatable bonds is 0. The lowest BCUT2D eigenvalue weighted by molar-refractivity contribution is 0.945. The number of nitrogens with zero attached hydrogens (tertiary/aromatic N) is 3. The van der Waals surface area contributed by atoms with Gasteiger partial charge in [0.1, 0.15) is 6.33 Å². The Balaban J connectivity index is 2.94. The van der Waals surface area contributed by atoms with Crippen LogP contribution < -0.4 is 0 Å². The molecule has 2 aromatic heterocycles. The normalized spacial score (nSPS) is 10.9. The lowest BCUT2D eigenvalue weighted by Gasteiger charge is -2.03. The van der Waals surface area contributed by atoms with E-state index in [1.54, 1.807) is 10.8 Å². The Hall–Kier alpha value is -0.900. The summed E-state index contributed by atoms with van der Waals surface area (Å²) >= 11 is 3.46. The maximum Gasteiger partial charge on any atom is 0.158 e. The molecule has 0 aliphatic heterocycles. The van der Waals surface area contributed by atoms with Crippen LogP contribution in [-0.2, 0) is 0 Å². The molecule has 3 nitrogen and oxygen atoms in total. The summed E-state index contributed by atoms with van der Waals surface area (Å²) in [7, 11) is 0. The molecule has 0 fully saturated rings. The Labute approximate surface area is 78.6 Å². The fraction of sp³-hybridized carbons (Fsp3) is 0.250. The summed E-state index contributed by atoms with van der Waals surface area (Å²) in [6.07, 6.45) is 3.48. The van der Waals surface area contributed by atoms with E-state index < -0.39 is 0 Å². The topological polar surface area (TPSA) is 30.2 Å². The van der Waals surface area contributed by atoms with Gasteiger partial charge in [-0.1, -0.05) is 0 Å². The highest BCUT2D eigenvalue weighted by atomic mass is 79.9. The van der Waals surface area contributed by atoms with Gasteiger partial charge in [-0.2, -0.15) is 5.10 Å². The molecule has 0 atom stereocenters. The molecule has 0 saturated heterocycles. The van der Waals surface area contributed by atoms with Crippen LogP contribution in [0.25, 0.3) is 5.65 Å². The van der Waals surface area contributed by atoms with Gasteiger partial charge in [-0.3, -0.25) is 0 Å². The third-order valence-electron chi connectivity index (χ3n) is 2.06. The van der Waals surface area contributed by atoms with Gasteiger partial charge in [0.05, 0.1) is 0 Å². The molecule has 0 radical (unpaired) electrons. The zero-order chi connectivity index (χ0) is 8.72. The number of aryl methyl sites for hydroxylation is 1. The van der Waals surface area contributed by atoms with Crippen LogP contribution in [0.15, 0.2) is 17.0 Å². The number of hydrogen-bond acceptors (Lipinski definition) is 2. The Morgan fingerprint density at radius 1 is 1.33 bits per heavy atom. The highest BCUT2D eigenvalue weighted by Crippen LogP contribution is 2.21. The molecule has 0 aliphatic carbocycles. The van der Waals surface area contributed by atoms with Gasteiger partial charge in [-0.05, 0) is 40.9 Å². The summed E-state index contributed by atoms with van der Waals surface area (Å²) in [5.74, 6) is 0. The SMILES string of the molecule is Cc1c(Br)cn2ncnc2c1C. The Morgan fingerprint density at radius 3 is 2.83 bits per heavy atom. The van der Waals surface area contributed by atoms with Crippen LogP contribution in [0.3, 0.4) is 0 Å². The van der Waals surface area contributed by atoms with E-state index in [-0.39, 0.29) is 0 Å². The lowest BCUT2D eigenvalue weighted by Crippen LogP contribution is -1.93. The second-order valence-electron chi connectivity index (χ2n) is 2.76. The van der Waals surface area contributed by atoms with Gasteiger partial charge in [0.2, 0.25) is 0 Å². The van der Waals surface area contributed by atoms with Crippen molar-refractivity contribution in [3.63, 3.8) is 0 Å². The molecule has 0 aliphatic rings. The molecule has 0 aromatic carbocycles. The predicted octanol–water partition coefficient (Wildman–Crippen LogP) is 2.11. The summed E-state index contributed by atoms with van der Waals surface area (Å²) in [5.41, 5.74) is 3.31. The number of hydrogen-bond donors (Lipinski definition) is 0. The van der Waals surface area contributed by atoms with E-state index in [0.29, 0.717) is 0 Å². The second-order valence-corrected chi connectivity index (χ2v) is 3.61. The number of fused-ring (bicyclic) bond motifs is 1. The highest BCUT2D eigenvalue weighted by Gasteiger charge is 2.05. The maximum atomic E-state index is 4.15. The molecule has 0 unspecified atom stereocenters. The van der Waals surface area contributed by atoms with Crippen LogP contribution in [0.4, 0.5) is 0 Å². The van der Waals surface area contributed by atoms with Crippen molar-refractivity contribution in [1.82, 2.24) is 14.6 Å². The summed E-state index contributed by atoms with van der Waals surface area (Å²) in [5, 5.41) is 4.06. The average Bonchev–Trinajstić information content (AvgIpc) is 2.48. The van der Waals surface area contributed by atoms with E-state index in [9.17, 15) is 0 Å². The van der Waals surface area contributed by atoms with Crippen LogP contribution in [0, 0.1) is 13.8 Å². The molecule has 4 heteroatoms. The monoisotopic (exact) mass is 225 g/mol. The molecule has 12 heavy (non-hydrogen) atoms. The molecule has 0 saturated carbocycles. The third-order valence-corrected chi connectivity index (χ3v) is 2.86. The molecule has 2 heterocycles. The molecule has 0 amide bonds. The molecule has 0 N–H and O–H groups in total. The third kappa shape index (κ3) is 0.948. The van der Waals surface area contributed by atoms with E-state index in [4.69, 9.17) is 0 Å². The van der Waals surface area contributed by atoms with E-state index in [0.717, 1.165) is 10.1 Å². The number of halogens is 1. The summed E-state index contributed by atoms with van der Waals surface area (Å²) in [4.78, 5) is 4.15. The highest BCUT2D eigenvalue weighted by molar-refractivity contribution is 9.10. The van der Waals surface area contributed by atoms with Crippen molar-refractivity contribution in [2.75, 3.05) is 0 Å². The molecule has 62 valence electrons. The average molecular weight is 226 g/mol. The first-order valence-corrected chi connectivity index (χ1v) is 4.44. The van der Waals surface area contributed by atoms with Crippen molar-refractivity contribution < 1.29 is 0 Å². The van der Waals surface area contributed by atoms with Crippen LogP contribution in [0.1, 0.15) is 11.1 Å². The first-order chi connectivity index (χ1) is 5.70. The Bertz CT molecular complexity index is 433. The fourth-order valence-electron chi connectivity index (χ4n) is 1.16. The fourth-order valence-corrected chi connectivity index (χ4v) is 1.66. The van der Waals surface area contributed by atoms with Crippen molar-refractivity contribution in [1.29, 1.82) is 0 Å². The Kier molecular flexibility index (Phi) is 1.65. The first kappa shape index (κ1) is 7.73. The van der Waals surface area contributed by atoms with E-state index in [2.05, 4.69) is 32.9 Å². The van der Waals surface area contributed by atoms with Crippen LogP contribution in [-0.4, -0.2) is 14.6 Å². The predicted molar refractivity (Wildman–Crippen MR) is 50.2 cm³/mol. The molecule has 0 bridgehead atoms. The van der Waals surface area contributed by atoms with Crippen LogP contribution >= 0.6 is 15.9 Å². The van der Waals surface area contributed by atoms with Gasteiger partial charge in [0, 0.05) is 10.7 Å². The van der Waals surface area contributed by atoms with Crippen LogP contribution in [0.5, 0.6) is 0 Å². The summed E-state index contributed by atoms with van der Waals surface area (Å²) < 4.78 is 2.84. The quantitative estimate of drug-likeness (QED) is 0.688. The minimum absolute atomic E-state index is 0.927. The standard InChI is InChI=1S/C8H8BrN3/c1-5-6(2)8-10-4-11-12(8)3-7(5)9/h3-4H,1-2H3. The molecular weight excluding hydrogens is 218 g/mol. The van der Waals surface area contributed by atoms with Crippen molar-refractivity contribution in [2.45, 2.75) is 13.8 Å². The summed E-state index contributed by atoms with van der Waals surface area (Å²) in [6, 6.07) is 0. The van der Waals surface area contributed by atoms with Gasteiger partial charge < -0.3 is 0 Å². The van der Waals surface area contributed by atoms with Crippen molar-refractivity contribution in [2.24, 2.45) is 0 Å². The maximum absolute atomic E-state index is 4.15. The lowest BCUT2D eigenvalue weighted by atomic mass is 10.2. The van der Waals surface area contributed by atoms with Gasteiger partial charge in [-0.15, -0.1) is 0 Å². The van der Waals surface area contributed by atoms with Crippen molar-refractivity contribution >= 4 is 21.6 Å². The van der Waals surface area contributed by atoms with Gasteiger partial charge >= 0.3 is 0 Å². The van der Waals surface area contributed by atoms with Crippen LogP contribution in [0.2, 0.25) is 0 Å². The van der Waals surface area contributed by atoms with Gasteiger partial charge in [0.25, 0.3) is 0 Å². The minimum atomic E-state index is 0.927. The number of pyridine rings is 1. The zero-order valence-corrected chi connectivity index (χ0v) is 8.46. The first-order valence-electron chi connectivity index (χ1n) is 3.65. The zero-order valence-electron chi connectivity index (χ0n) is 6.87. The molecule has 2 rings (SSSR count). The van der Waals surface area contributed by atoms with E-state index in [1.165, 1.54) is 11.1 Å². The Morgan fingerprint density at radius 2 is 2.08 bits per heavy atom. The van der Waals surface area contributed by atoms with Gasteiger partial charge in [0.15, 0.2) is 5.65 Å². The van der Waals surface area contributed by atoms with Gasteiger partial charge in [-0.25, -0.2) is 9.50 Å². The molecule has 2 aromatic rings. The molecular formula is C8H8BrN3. The van der Waals surface area contributed by atoms with E-state index in [1.807, 2.05) is 13.1 Å². The summed E-state index contributed by atoms with van der Waals surface area (Å²) in [6.45, 7) is 4.11.